The number of rotatable bonds is 4. The van der Waals surface area contributed by atoms with Crippen molar-refractivity contribution in [1.82, 2.24) is 24.1 Å². The van der Waals surface area contributed by atoms with Gasteiger partial charge in [0, 0.05) is 60.8 Å². The van der Waals surface area contributed by atoms with Crippen molar-refractivity contribution < 1.29 is 4.92 Å². The van der Waals surface area contributed by atoms with E-state index in [0.29, 0.717) is 16.5 Å². The topological polar surface area (TPSA) is 135 Å². The van der Waals surface area contributed by atoms with Crippen LogP contribution >= 0.6 is 0 Å². The summed E-state index contributed by atoms with van der Waals surface area (Å²) < 4.78 is 4.30. The molecular weight excluding hydrogens is 797 g/mol. The van der Waals surface area contributed by atoms with Gasteiger partial charge in [-0.25, -0.2) is 0 Å². The SMILES string of the molecule is O=c1[nH]c2ccccc2c2c1c1cc(-c3ccccc3[N+](=O)[O-])ccc1n2-c1ccccc1.O=c1[nH]c2ccccc2c2c1c1cc3c(cc1n2-c1ccccc1)[nH]c1ccccc13. The Morgan fingerprint density at radius 1 is 0.406 bits per heavy atom. The summed E-state index contributed by atoms with van der Waals surface area (Å²) in [4.78, 5) is 47.5. The number of hydrogen-bond acceptors (Lipinski definition) is 4. The summed E-state index contributed by atoms with van der Waals surface area (Å²) in [5.41, 5.74) is 10.4. The molecule has 10 nitrogen and oxygen atoms in total. The van der Waals surface area contributed by atoms with Gasteiger partial charge in [0.25, 0.3) is 16.8 Å². The molecule has 0 aliphatic heterocycles. The van der Waals surface area contributed by atoms with Gasteiger partial charge in [-0.3, -0.25) is 19.7 Å². The summed E-state index contributed by atoms with van der Waals surface area (Å²) in [6.07, 6.45) is 0. The maximum Gasteiger partial charge on any atom is 0.277 e. The Balaban J connectivity index is 0.000000135. The van der Waals surface area contributed by atoms with Crippen molar-refractivity contribution in [2.75, 3.05) is 0 Å². The van der Waals surface area contributed by atoms with E-state index in [1.165, 1.54) is 6.07 Å². The molecule has 0 saturated heterocycles. The molecule has 0 saturated carbocycles. The molecule has 0 spiro atoms. The first-order valence-electron chi connectivity index (χ1n) is 20.9. The third kappa shape index (κ3) is 5.59. The van der Waals surface area contributed by atoms with Gasteiger partial charge < -0.3 is 24.1 Å². The van der Waals surface area contributed by atoms with Gasteiger partial charge in [-0.2, -0.15) is 0 Å². The molecule has 5 aromatic heterocycles. The van der Waals surface area contributed by atoms with Crippen LogP contribution in [0.4, 0.5) is 5.69 Å². The number of benzene rings is 8. The molecule has 0 aliphatic carbocycles. The molecular formula is C54H34N6O4. The van der Waals surface area contributed by atoms with Crippen molar-refractivity contribution in [2.24, 2.45) is 0 Å². The summed E-state index contributed by atoms with van der Waals surface area (Å²) >= 11 is 0. The fourth-order valence-corrected chi connectivity index (χ4v) is 9.59. The molecule has 3 N–H and O–H groups in total. The van der Waals surface area contributed by atoms with Crippen molar-refractivity contribution in [3.05, 3.63) is 219 Å². The van der Waals surface area contributed by atoms with E-state index in [-0.39, 0.29) is 21.7 Å². The highest BCUT2D eigenvalue weighted by molar-refractivity contribution is 6.22. The number of nitrogens with one attached hydrogen (secondary N) is 3. The van der Waals surface area contributed by atoms with Crippen LogP contribution < -0.4 is 11.1 Å². The van der Waals surface area contributed by atoms with Crippen molar-refractivity contribution in [3.63, 3.8) is 0 Å². The van der Waals surface area contributed by atoms with Crippen LogP contribution in [-0.2, 0) is 0 Å². The average molecular weight is 831 g/mol. The predicted octanol–water partition coefficient (Wildman–Crippen LogP) is 12.5. The van der Waals surface area contributed by atoms with Crippen LogP contribution in [0.1, 0.15) is 0 Å². The highest BCUT2D eigenvalue weighted by atomic mass is 16.6. The van der Waals surface area contributed by atoms with Crippen LogP contribution in [0.25, 0.3) is 110 Å². The molecule has 0 fully saturated rings. The zero-order valence-corrected chi connectivity index (χ0v) is 33.9. The number of nitro groups is 1. The van der Waals surface area contributed by atoms with Gasteiger partial charge in [0.15, 0.2) is 0 Å². The smallest absolute Gasteiger partial charge is 0.277 e. The summed E-state index contributed by atoms with van der Waals surface area (Å²) in [5.74, 6) is 0. The molecule has 0 bridgehead atoms. The first-order chi connectivity index (χ1) is 31.4. The Morgan fingerprint density at radius 2 is 0.891 bits per heavy atom. The number of pyridine rings is 2. The molecule has 0 amide bonds. The van der Waals surface area contributed by atoms with Crippen molar-refractivity contribution in [1.29, 1.82) is 0 Å². The molecule has 5 heterocycles. The second-order valence-electron chi connectivity index (χ2n) is 15.9. The third-order valence-corrected chi connectivity index (χ3v) is 12.3. The summed E-state index contributed by atoms with van der Waals surface area (Å²) in [6, 6.07) is 60.8. The van der Waals surface area contributed by atoms with E-state index in [2.05, 4.69) is 66.6 Å². The van der Waals surface area contributed by atoms with Crippen LogP contribution in [0, 0.1) is 10.1 Å². The summed E-state index contributed by atoms with van der Waals surface area (Å²) in [5, 5.41) is 18.9. The molecule has 13 rings (SSSR count). The lowest BCUT2D eigenvalue weighted by Crippen LogP contribution is -2.06. The number of H-pyrrole nitrogens is 3. The van der Waals surface area contributed by atoms with E-state index >= 15 is 0 Å². The average Bonchev–Trinajstić information content (AvgIpc) is 4.00. The fourth-order valence-electron chi connectivity index (χ4n) is 9.59. The number of nitrogens with zero attached hydrogens (tertiary/aromatic N) is 3. The monoisotopic (exact) mass is 830 g/mol. The minimum absolute atomic E-state index is 0.0306. The Labute approximate surface area is 362 Å². The van der Waals surface area contributed by atoms with Gasteiger partial charge in [-0.05, 0) is 78.4 Å². The maximum absolute atomic E-state index is 13.3. The summed E-state index contributed by atoms with van der Waals surface area (Å²) in [6.45, 7) is 0. The van der Waals surface area contributed by atoms with Gasteiger partial charge in [0.05, 0.1) is 54.4 Å². The van der Waals surface area contributed by atoms with Crippen LogP contribution in [0.2, 0.25) is 0 Å². The third-order valence-electron chi connectivity index (χ3n) is 12.3. The van der Waals surface area contributed by atoms with Crippen LogP contribution in [-0.4, -0.2) is 29.0 Å². The van der Waals surface area contributed by atoms with Crippen LogP contribution in [0.15, 0.2) is 198 Å². The highest BCUT2D eigenvalue weighted by Crippen LogP contribution is 2.40. The van der Waals surface area contributed by atoms with E-state index in [1.807, 2.05) is 121 Å². The number of aromatic amines is 3. The van der Waals surface area contributed by atoms with Crippen molar-refractivity contribution >= 4 is 92.9 Å². The maximum atomic E-state index is 13.3. The van der Waals surface area contributed by atoms with E-state index in [0.717, 1.165) is 93.2 Å². The standard InChI is InChI=1S/C27H17N3O3.C27H17N3O/c31-27-25-21-16-17(19-10-5-7-13-24(19)30(32)33)14-15-23(21)29(18-8-2-1-3-9-18)26(25)20-11-4-6-12-22(20)28-27;31-27-25-20-14-19-17-10-4-6-12-21(17)28-23(19)15-24(20)30(16-8-2-1-3-9-16)26(25)18-11-5-7-13-22(18)29-27/h1-16H,(H,28,31);1-15,28H,(H,29,31). The molecule has 0 unspecified atom stereocenters. The molecule has 8 aromatic carbocycles. The first kappa shape index (κ1) is 36.8. The zero-order chi connectivity index (χ0) is 43.1. The minimum atomic E-state index is -0.382. The van der Waals surface area contributed by atoms with E-state index in [9.17, 15) is 19.7 Å². The second kappa shape index (κ2) is 14.3. The van der Waals surface area contributed by atoms with Gasteiger partial charge in [-0.15, -0.1) is 0 Å². The lowest BCUT2D eigenvalue weighted by Gasteiger charge is -2.09. The Morgan fingerprint density at radius 3 is 1.48 bits per heavy atom. The van der Waals surface area contributed by atoms with E-state index in [4.69, 9.17) is 0 Å². The van der Waals surface area contributed by atoms with Gasteiger partial charge >= 0.3 is 0 Å². The number of nitro benzene ring substituents is 1. The summed E-state index contributed by atoms with van der Waals surface area (Å²) in [7, 11) is 0. The number of para-hydroxylation sites is 6. The molecule has 64 heavy (non-hydrogen) atoms. The first-order valence-corrected chi connectivity index (χ1v) is 20.9. The number of fused-ring (bicyclic) bond motifs is 13. The lowest BCUT2D eigenvalue weighted by molar-refractivity contribution is -0.384. The molecule has 0 atom stereocenters. The zero-order valence-electron chi connectivity index (χ0n) is 33.9. The fraction of sp³-hybridized carbons (Fsp3) is 0. The minimum Gasteiger partial charge on any atom is -0.354 e. The van der Waals surface area contributed by atoms with Crippen LogP contribution in [0.5, 0.6) is 0 Å². The lowest BCUT2D eigenvalue weighted by atomic mass is 10.0. The second-order valence-corrected chi connectivity index (χ2v) is 15.9. The quantitative estimate of drug-likeness (QED) is 0.120. The van der Waals surface area contributed by atoms with Crippen molar-refractivity contribution in [2.45, 2.75) is 0 Å². The molecule has 304 valence electrons. The highest BCUT2D eigenvalue weighted by Gasteiger charge is 2.22. The number of aromatic nitrogens is 5. The molecule has 13 aromatic rings. The van der Waals surface area contributed by atoms with E-state index < -0.39 is 0 Å². The van der Waals surface area contributed by atoms with E-state index in [1.54, 1.807) is 18.2 Å². The normalized spacial score (nSPS) is 11.7. The van der Waals surface area contributed by atoms with Gasteiger partial charge in [0.1, 0.15) is 0 Å². The Hall–Kier alpha value is -9.02. The van der Waals surface area contributed by atoms with Gasteiger partial charge in [-0.1, -0.05) is 109 Å². The Bertz CT molecular complexity index is 4160. The van der Waals surface area contributed by atoms with Crippen molar-refractivity contribution in [3.8, 4) is 22.5 Å². The number of hydrogen-bond donors (Lipinski definition) is 3. The largest absolute Gasteiger partial charge is 0.354 e. The Kier molecular flexibility index (Phi) is 8.22. The van der Waals surface area contributed by atoms with Gasteiger partial charge in [0.2, 0.25) is 0 Å². The predicted molar refractivity (Wildman–Crippen MR) is 259 cm³/mol. The molecule has 10 heteroatoms. The molecule has 0 aliphatic rings. The molecule has 0 radical (unpaired) electrons. The van der Waals surface area contributed by atoms with Crippen LogP contribution in [0.3, 0.4) is 0 Å².